The van der Waals surface area contributed by atoms with Crippen molar-refractivity contribution in [2.45, 2.75) is 49.3 Å². The third kappa shape index (κ3) is 7.54. The molecule has 0 bridgehead atoms. The van der Waals surface area contributed by atoms with Crippen LogP contribution in [-0.2, 0) is 24.7 Å². The average Bonchev–Trinajstić information content (AvgIpc) is 2.81. The van der Waals surface area contributed by atoms with E-state index in [1.807, 2.05) is 25.7 Å². The van der Waals surface area contributed by atoms with Crippen LogP contribution in [0.15, 0.2) is 75.4 Å². The zero-order valence-electron chi connectivity index (χ0n) is 21.6. The lowest BCUT2D eigenvalue weighted by Gasteiger charge is -2.25. The molecule has 0 atom stereocenters. The van der Waals surface area contributed by atoms with Crippen LogP contribution in [-0.4, -0.2) is 35.8 Å². The van der Waals surface area contributed by atoms with Crippen LogP contribution in [0, 0.1) is 13.8 Å². The van der Waals surface area contributed by atoms with Gasteiger partial charge in [-0.1, -0.05) is 23.8 Å². The van der Waals surface area contributed by atoms with Crippen molar-refractivity contribution in [3.05, 3.63) is 71.8 Å². The van der Waals surface area contributed by atoms with Crippen LogP contribution in [0.2, 0.25) is 0 Å². The Morgan fingerprint density at radius 1 is 0.892 bits per heavy atom. The van der Waals surface area contributed by atoms with Gasteiger partial charge in [-0.2, -0.15) is 0 Å². The van der Waals surface area contributed by atoms with E-state index >= 15 is 0 Å². The molecular weight excluding hydrogens is 512 g/mol. The molecular formula is C26H34N4O5S2. The number of sulfone groups is 1. The lowest BCUT2D eigenvalue weighted by Crippen LogP contribution is -2.25. The highest BCUT2D eigenvalue weighted by atomic mass is 32.2. The summed E-state index contributed by atoms with van der Waals surface area (Å²) in [5.41, 5.74) is 8.90. The molecule has 0 fully saturated rings. The Hall–Kier alpha value is -3.41. The molecule has 5 N–H and O–H groups in total. The number of primary sulfonamides is 1. The lowest BCUT2D eigenvalue weighted by atomic mass is 10.2. The number of nitrogens with one attached hydrogen (secondary N) is 1. The van der Waals surface area contributed by atoms with Gasteiger partial charge in [0.1, 0.15) is 4.90 Å². The molecule has 0 saturated heterocycles. The van der Waals surface area contributed by atoms with Gasteiger partial charge in [0.05, 0.1) is 21.2 Å². The summed E-state index contributed by atoms with van der Waals surface area (Å²) in [6.45, 7) is 10.2. The third-order valence-electron chi connectivity index (χ3n) is 5.58. The molecule has 0 spiro atoms. The quantitative estimate of drug-likeness (QED) is 0.380. The maximum absolute atomic E-state index is 13.4. The maximum Gasteiger partial charge on any atom is 0.238 e. The van der Waals surface area contributed by atoms with Crippen LogP contribution in [0.1, 0.15) is 31.9 Å². The van der Waals surface area contributed by atoms with Gasteiger partial charge in [0, 0.05) is 25.7 Å². The molecule has 0 aliphatic heterocycles. The highest BCUT2D eigenvalue weighted by Gasteiger charge is 2.27. The molecule has 11 heteroatoms. The number of hydrogen-bond acceptors (Lipinski definition) is 7. The summed E-state index contributed by atoms with van der Waals surface area (Å²) < 4.78 is 48.3. The average molecular weight is 547 g/mol. The number of anilines is 3. The van der Waals surface area contributed by atoms with E-state index in [1.165, 1.54) is 25.1 Å². The molecule has 0 aliphatic rings. The second-order valence-electron chi connectivity index (χ2n) is 8.39. The first kappa shape index (κ1) is 29.8. The number of sulfonamides is 1. The Morgan fingerprint density at radius 2 is 1.46 bits per heavy atom. The van der Waals surface area contributed by atoms with Gasteiger partial charge in [-0.05, 0) is 75.7 Å². The van der Waals surface area contributed by atoms with Gasteiger partial charge in [-0.3, -0.25) is 4.79 Å². The summed E-state index contributed by atoms with van der Waals surface area (Å²) in [4.78, 5) is 14.0. The van der Waals surface area contributed by atoms with Gasteiger partial charge in [-0.25, -0.2) is 22.0 Å². The number of nitrogens with zero attached hydrogens (tertiary/aromatic N) is 1. The summed E-state index contributed by atoms with van der Waals surface area (Å²) >= 11 is 0. The number of carbonyl (C=O) groups excluding carboxylic acids is 1. The third-order valence-corrected chi connectivity index (χ3v) is 8.35. The summed E-state index contributed by atoms with van der Waals surface area (Å²) in [5.74, 6) is -0.327. The zero-order valence-corrected chi connectivity index (χ0v) is 23.3. The summed E-state index contributed by atoms with van der Waals surface area (Å²) in [6, 6.07) is 16.1. The van der Waals surface area contributed by atoms with Crippen molar-refractivity contribution in [2.75, 3.05) is 29.0 Å². The first-order valence-electron chi connectivity index (χ1n) is 11.6. The molecule has 200 valence electrons. The molecule has 0 aromatic heterocycles. The Morgan fingerprint density at radius 3 is 1.95 bits per heavy atom. The van der Waals surface area contributed by atoms with Crippen molar-refractivity contribution in [2.24, 2.45) is 5.14 Å². The zero-order chi connectivity index (χ0) is 28.0. The van der Waals surface area contributed by atoms with E-state index in [-0.39, 0.29) is 26.3 Å². The Bertz CT molecular complexity index is 1470. The first-order chi connectivity index (χ1) is 17.2. The highest BCUT2D eigenvalue weighted by molar-refractivity contribution is 7.91. The normalized spacial score (nSPS) is 11.3. The van der Waals surface area contributed by atoms with Crippen LogP contribution < -0.4 is 21.1 Å². The smallest absolute Gasteiger partial charge is 0.238 e. The van der Waals surface area contributed by atoms with E-state index in [0.717, 1.165) is 5.56 Å². The van der Waals surface area contributed by atoms with Crippen LogP contribution in [0.25, 0.3) is 0 Å². The largest absolute Gasteiger partial charge is 0.399 e. The second-order valence-corrected chi connectivity index (χ2v) is 11.8. The molecule has 37 heavy (non-hydrogen) atoms. The fourth-order valence-electron chi connectivity index (χ4n) is 3.57. The number of amides is 1. The molecule has 0 heterocycles. The summed E-state index contributed by atoms with van der Waals surface area (Å²) in [5, 5.41) is 7.53. The van der Waals surface area contributed by atoms with E-state index in [2.05, 4.69) is 5.32 Å². The SMILES string of the molecule is CCN(CC)c1cccc(NC(C)=O)c1S(=O)(=O)c1ccc(N)c(C)c1.Cc1ccc(S(N)(=O)=O)cc1. The number of nitrogen functional groups attached to an aromatic ring is 1. The van der Waals surface area contributed by atoms with Gasteiger partial charge >= 0.3 is 0 Å². The van der Waals surface area contributed by atoms with Crippen LogP contribution in [0.5, 0.6) is 0 Å². The maximum atomic E-state index is 13.4. The van der Waals surface area contributed by atoms with Crippen molar-refractivity contribution in [1.82, 2.24) is 0 Å². The van der Waals surface area contributed by atoms with Crippen LogP contribution in [0.4, 0.5) is 17.1 Å². The molecule has 0 radical (unpaired) electrons. The number of hydrogen-bond donors (Lipinski definition) is 3. The fraction of sp³-hybridized carbons (Fsp3) is 0.269. The van der Waals surface area contributed by atoms with Crippen molar-refractivity contribution in [3.63, 3.8) is 0 Å². The van der Waals surface area contributed by atoms with E-state index in [1.54, 1.807) is 49.4 Å². The molecule has 0 aliphatic carbocycles. The topological polar surface area (TPSA) is 153 Å². The number of aryl methyl sites for hydroxylation is 2. The predicted octanol–water partition coefficient (Wildman–Crippen LogP) is 3.86. The minimum atomic E-state index is -3.86. The minimum Gasteiger partial charge on any atom is -0.399 e. The molecule has 3 aromatic carbocycles. The monoisotopic (exact) mass is 546 g/mol. The summed E-state index contributed by atoms with van der Waals surface area (Å²) in [7, 11) is -7.38. The first-order valence-corrected chi connectivity index (χ1v) is 14.6. The molecule has 1 amide bonds. The molecule has 9 nitrogen and oxygen atoms in total. The van der Waals surface area contributed by atoms with Gasteiger partial charge in [0.25, 0.3) is 0 Å². The highest BCUT2D eigenvalue weighted by Crippen LogP contribution is 2.37. The summed E-state index contributed by atoms with van der Waals surface area (Å²) in [6.07, 6.45) is 0. The van der Waals surface area contributed by atoms with Crippen molar-refractivity contribution in [1.29, 1.82) is 0 Å². The number of nitrogens with two attached hydrogens (primary N) is 2. The lowest BCUT2D eigenvalue weighted by molar-refractivity contribution is -0.114. The Balaban J connectivity index is 0.000000364. The van der Waals surface area contributed by atoms with Gasteiger partial charge in [0.2, 0.25) is 25.8 Å². The van der Waals surface area contributed by atoms with Gasteiger partial charge < -0.3 is 16.0 Å². The second kappa shape index (κ2) is 12.2. The van der Waals surface area contributed by atoms with Crippen molar-refractivity contribution < 1.29 is 21.6 Å². The van der Waals surface area contributed by atoms with E-state index in [9.17, 15) is 21.6 Å². The molecule has 3 aromatic rings. The van der Waals surface area contributed by atoms with Crippen LogP contribution in [0.3, 0.4) is 0 Å². The molecule has 0 saturated carbocycles. The van der Waals surface area contributed by atoms with Crippen molar-refractivity contribution in [3.8, 4) is 0 Å². The number of rotatable bonds is 7. The van der Waals surface area contributed by atoms with E-state index in [4.69, 9.17) is 10.9 Å². The Kier molecular flexibility index (Phi) is 9.85. The predicted molar refractivity (Wildman–Crippen MR) is 148 cm³/mol. The van der Waals surface area contributed by atoms with E-state index in [0.29, 0.717) is 30.0 Å². The molecule has 3 rings (SSSR count). The number of carbonyl (C=O) groups is 1. The van der Waals surface area contributed by atoms with E-state index < -0.39 is 19.9 Å². The standard InChI is InChI=1S/C19H25N3O3S.C7H9NO2S/c1-5-22(6-2)18-9-7-8-17(21-14(4)23)19(18)26(24,25)15-10-11-16(20)13(3)12-15;1-6-2-4-7(5-3-6)11(8,9)10/h7-12H,5-6,20H2,1-4H3,(H,21,23);2-5H,1H3,(H2,8,9,10). The number of benzene rings is 3. The van der Waals surface area contributed by atoms with Gasteiger partial charge in [0.15, 0.2) is 0 Å². The van der Waals surface area contributed by atoms with Crippen LogP contribution >= 0.6 is 0 Å². The Labute approximate surface area is 219 Å². The minimum absolute atomic E-state index is 0.100. The fourth-order valence-corrected chi connectivity index (χ4v) is 5.78. The molecule has 0 unspecified atom stereocenters. The van der Waals surface area contributed by atoms with Gasteiger partial charge in [-0.15, -0.1) is 0 Å². The van der Waals surface area contributed by atoms with Crippen molar-refractivity contribution >= 4 is 42.8 Å².